The second-order valence-electron chi connectivity index (χ2n) is 8.31. The predicted octanol–water partition coefficient (Wildman–Crippen LogP) is 5.08. The Balaban J connectivity index is 2.36. The largest absolute Gasteiger partial charge is 0.414 e. The average molecular weight is 300 g/mol. The highest BCUT2D eigenvalue weighted by Gasteiger charge is 2.39. The minimum Gasteiger partial charge on any atom is -0.414 e. The molecule has 0 unspecified atom stereocenters. The van der Waals surface area contributed by atoms with E-state index in [1.54, 1.807) is 0 Å². The molecule has 1 fully saturated rings. The highest BCUT2D eigenvalue weighted by molar-refractivity contribution is 6.74. The van der Waals surface area contributed by atoms with E-state index in [4.69, 9.17) is 10.2 Å². The molecule has 20 heavy (non-hydrogen) atoms. The Kier molecular flexibility index (Phi) is 6.74. The van der Waals surface area contributed by atoms with E-state index in [-0.39, 0.29) is 0 Å². The fraction of sp³-hybridized carbons (Fsp3) is 1.00. The zero-order valence-electron chi connectivity index (χ0n) is 14.7. The first-order valence-corrected chi connectivity index (χ1v) is 11.5. The Hall–Kier alpha value is 0.137. The van der Waals surface area contributed by atoms with E-state index in [2.05, 4.69) is 40.8 Å². The van der Waals surface area contributed by atoms with Gasteiger partial charge in [0, 0.05) is 12.1 Å². The van der Waals surface area contributed by atoms with E-state index in [1.807, 2.05) is 0 Å². The van der Waals surface area contributed by atoms with E-state index < -0.39 is 8.32 Å². The summed E-state index contributed by atoms with van der Waals surface area (Å²) >= 11 is 0. The summed E-state index contributed by atoms with van der Waals surface area (Å²) in [5, 5.41) is 0.327. The Labute approximate surface area is 128 Å². The first-order chi connectivity index (χ1) is 9.15. The number of hydrogen-bond acceptors (Lipinski definition) is 2. The van der Waals surface area contributed by atoms with E-state index in [9.17, 15) is 0 Å². The third-order valence-electron chi connectivity index (χ3n) is 5.36. The van der Waals surface area contributed by atoms with Crippen molar-refractivity contribution in [2.24, 2.45) is 11.7 Å². The van der Waals surface area contributed by atoms with Crippen LogP contribution in [-0.2, 0) is 4.43 Å². The van der Waals surface area contributed by atoms with E-state index in [0.717, 1.165) is 5.92 Å². The molecule has 0 spiro atoms. The molecule has 0 aromatic carbocycles. The lowest BCUT2D eigenvalue weighted by atomic mass is 9.83. The number of hydrogen-bond donors (Lipinski definition) is 1. The second kappa shape index (κ2) is 7.41. The van der Waals surface area contributed by atoms with Crippen LogP contribution in [0.15, 0.2) is 0 Å². The molecule has 2 N–H and O–H groups in total. The Morgan fingerprint density at radius 2 is 1.70 bits per heavy atom. The molecule has 0 aliphatic heterocycles. The zero-order valence-corrected chi connectivity index (χ0v) is 15.7. The maximum atomic E-state index is 6.55. The molecule has 0 aromatic rings. The van der Waals surface area contributed by atoms with Gasteiger partial charge in [-0.3, -0.25) is 0 Å². The molecule has 3 heteroatoms. The highest BCUT2D eigenvalue weighted by Crippen LogP contribution is 2.40. The summed E-state index contributed by atoms with van der Waals surface area (Å²) in [7, 11) is -1.58. The molecule has 1 atom stereocenters. The molecule has 0 bridgehead atoms. The maximum absolute atomic E-state index is 6.55. The lowest BCUT2D eigenvalue weighted by Crippen LogP contribution is -2.44. The van der Waals surface area contributed by atoms with Gasteiger partial charge in [-0.15, -0.1) is 0 Å². The Morgan fingerprint density at radius 1 is 1.15 bits per heavy atom. The van der Waals surface area contributed by atoms with Crippen LogP contribution in [0.25, 0.3) is 0 Å². The molecule has 2 nitrogen and oxygen atoms in total. The summed E-state index contributed by atoms with van der Waals surface area (Å²) < 4.78 is 6.55. The molecule has 1 rings (SSSR count). The zero-order chi connectivity index (χ0) is 15.4. The second-order valence-corrected chi connectivity index (χ2v) is 13.1. The Bertz CT molecular complexity index is 277. The average Bonchev–Trinajstić information content (AvgIpc) is 2.30. The van der Waals surface area contributed by atoms with Crippen molar-refractivity contribution in [3.05, 3.63) is 0 Å². The molecule has 0 radical (unpaired) electrons. The van der Waals surface area contributed by atoms with Crippen LogP contribution in [0.5, 0.6) is 0 Å². The van der Waals surface area contributed by atoms with Crippen molar-refractivity contribution in [2.45, 2.75) is 103 Å². The van der Waals surface area contributed by atoms with Gasteiger partial charge in [-0.2, -0.15) is 0 Å². The van der Waals surface area contributed by atoms with Crippen LogP contribution < -0.4 is 5.73 Å². The number of rotatable bonds is 6. The summed E-state index contributed by atoms with van der Waals surface area (Å²) in [4.78, 5) is 0. The molecular weight excluding hydrogens is 262 g/mol. The quantitative estimate of drug-likeness (QED) is 0.694. The van der Waals surface area contributed by atoms with Crippen LogP contribution in [0, 0.1) is 5.92 Å². The smallest absolute Gasteiger partial charge is 0.192 e. The van der Waals surface area contributed by atoms with Crippen molar-refractivity contribution in [1.82, 2.24) is 0 Å². The topological polar surface area (TPSA) is 35.2 Å². The molecule has 0 amide bonds. The van der Waals surface area contributed by atoms with Gasteiger partial charge in [-0.25, -0.2) is 0 Å². The minimum atomic E-state index is -1.58. The Morgan fingerprint density at radius 3 is 2.15 bits per heavy atom. The van der Waals surface area contributed by atoms with Crippen LogP contribution in [0.4, 0.5) is 0 Å². The van der Waals surface area contributed by atoms with Crippen molar-refractivity contribution in [1.29, 1.82) is 0 Å². The van der Waals surface area contributed by atoms with Crippen molar-refractivity contribution in [3.8, 4) is 0 Å². The predicted molar refractivity (Wildman–Crippen MR) is 91.5 cm³/mol. The van der Waals surface area contributed by atoms with E-state index in [0.29, 0.717) is 17.2 Å². The van der Waals surface area contributed by atoms with Crippen LogP contribution in [-0.4, -0.2) is 20.5 Å². The summed E-state index contributed by atoms with van der Waals surface area (Å²) in [6.45, 7) is 14.0. The lowest BCUT2D eigenvalue weighted by Gasteiger charge is -2.41. The van der Waals surface area contributed by atoms with Gasteiger partial charge in [-0.05, 0) is 62.6 Å². The molecular formula is C17H37NOSi. The maximum Gasteiger partial charge on any atom is 0.192 e. The normalized spacial score (nSPS) is 26.6. The SMILES string of the molecule is CCC[C@@H](N)CC1CCC(O[Si](C)(C)C(C)(C)C)CC1. The molecule has 1 aliphatic carbocycles. The van der Waals surface area contributed by atoms with E-state index in [1.165, 1.54) is 44.9 Å². The van der Waals surface area contributed by atoms with Crippen molar-refractivity contribution < 1.29 is 4.43 Å². The van der Waals surface area contributed by atoms with Crippen LogP contribution >= 0.6 is 0 Å². The lowest BCUT2D eigenvalue weighted by molar-refractivity contribution is 0.112. The molecule has 1 saturated carbocycles. The summed E-state index contributed by atoms with van der Waals surface area (Å²) in [6.07, 6.45) is 9.25. The standard InChI is InChI=1S/C17H37NOSi/c1-7-8-15(18)13-14-9-11-16(12-10-14)19-20(5,6)17(2,3)4/h14-16H,7-13,18H2,1-6H3/t14?,15-,16?/m1/s1. The van der Waals surface area contributed by atoms with Gasteiger partial charge in [0.05, 0.1) is 0 Å². The van der Waals surface area contributed by atoms with Crippen molar-refractivity contribution >= 4 is 8.32 Å². The fourth-order valence-corrected chi connectivity index (χ4v) is 4.42. The molecule has 120 valence electrons. The van der Waals surface area contributed by atoms with Crippen LogP contribution in [0.1, 0.15) is 72.6 Å². The molecule has 0 heterocycles. The minimum absolute atomic E-state index is 0.327. The van der Waals surface area contributed by atoms with Gasteiger partial charge in [0.15, 0.2) is 8.32 Å². The van der Waals surface area contributed by atoms with Gasteiger partial charge in [0.25, 0.3) is 0 Å². The van der Waals surface area contributed by atoms with Crippen molar-refractivity contribution in [2.75, 3.05) is 0 Å². The molecule has 0 saturated heterocycles. The summed E-state index contributed by atoms with van der Waals surface area (Å²) in [5.41, 5.74) is 6.18. The van der Waals surface area contributed by atoms with Gasteiger partial charge < -0.3 is 10.2 Å². The molecule has 1 aliphatic rings. The first-order valence-electron chi connectivity index (χ1n) is 8.59. The van der Waals surface area contributed by atoms with E-state index >= 15 is 0 Å². The van der Waals surface area contributed by atoms with Crippen LogP contribution in [0.3, 0.4) is 0 Å². The summed E-state index contributed by atoms with van der Waals surface area (Å²) in [5.74, 6) is 0.843. The van der Waals surface area contributed by atoms with Gasteiger partial charge >= 0.3 is 0 Å². The summed E-state index contributed by atoms with van der Waals surface area (Å²) in [6, 6.07) is 0.419. The first kappa shape index (κ1) is 18.2. The fourth-order valence-electron chi connectivity index (χ4n) is 3.00. The van der Waals surface area contributed by atoms with Crippen LogP contribution in [0.2, 0.25) is 18.1 Å². The van der Waals surface area contributed by atoms with Gasteiger partial charge in [0.1, 0.15) is 0 Å². The van der Waals surface area contributed by atoms with Gasteiger partial charge in [-0.1, -0.05) is 34.1 Å². The monoisotopic (exact) mass is 299 g/mol. The third-order valence-corrected chi connectivity index (χ3v) is 9.89. The molecule has 0 aromatic heterocycles. The highest BCUT2D eigenvalue weighted by atomic mass is 28.4. The number of nitrogens with two attached hydrogens (primary N) is 1. The third kappa shape index (κ3) is 5.49. The van der Waals surface area contributed by atoms with Gasteiger partial charge in [0.2, 0.25) is 0 Å². The van der Waals surface area contributed by atoms with Crippen molar-refractivity contribution in [3.63, 3.8) is 0 Å².